The predicted molar refractivity (Wildman–Crippen MR) is 87.7 cm³/mol. The van der Waals surface area contributed by atoms with Crippen molar-refractivity contribution in [3.63, 3.8) is 0 Å². The van der Waals surface area contributed by atoms with Crippen LogP contribution in [-0.2, 0) is 0 Å². The summed E-state index contributed by atoms with van der Waals surface area (Å²) in [5.74, 6) is -1.03. The molecule has 1 aromatic heterocycles. The first-order chi connectivity index (χ1) is 10.7. The smallest absolute Gasteiger partial charge is 0.356 e. The molecule has 0 amide bonds. The van der Waals surface area contributed by atoms with Crippen molar-refractivity contribution in [2.45, 2.75) is 4.90 Å². The van der Waals surface area contributed by atoms with Gasteiger partial charge < -0.3 is 5.11 Å². The lowest BCUT2D eigenvalue weighted by atomic mass is 10.1. The molecular weight excluding hydrogens is 296 g/mol. The summed E-state index contributed by atoms with van der Waals surface area (Å²) in [6, 6.07) is 19.1. The van der Waals surface area contributed by atoms with Crippen LogP contribution in [0.3, 0.4) is 0 Å². The zero-order valence-electron chi connectivity index (χ0n) is 11.9. The van der Waals surface area contributed by atoms with Crippen LogP contribution in [0.15, 0.2) is 65.6 Å². The van der Waals surface area contributed by atoms with Gasteiger partial charge in [-0.05, 0) is 36.6 Å². The van der Waals surface area contributed by atoms with Crippen molar-refractivity contribution in [2.75, 3.05) is 6.26 Å². The highest BCUT2D eigenvalue weighted by atomic mass is 32.2. The Morgan fingerprint density at radius 2 is 1.77 bits per heavy atom. The summed E-state index contributed by atoms with van der Waals surface area (Å²) >= 11 is 1.67. The minimum Gasteiger partial charge on any atom is -0.476 e. The first-order valence-corrected chi connectivity index (χ1v) is 7.95. The molecule has 22 heavy (non-hydrogen) atoms. The fourth-order valence-electron chi connectivity index (χ4n) is 2.22. The Labute approximate surface area is 132 Å². The van der Waals surface area contributed by atoms with E-state index in [1.165, 1.54) is 0 Å². The fourth-order valence-corrected chi connectivity index (χ4v) is 2.63. The van der Waals surface area contributed by atoms with Crippen LogP contribution < -0.4 is 0 Å². The number of thioether (sulfide) groups is 1. The molecular formula is C17H14N2O2S. The van der Waals surface area contributed by atoms with Gasteiger partial charge in [0.15, 0.2) is 5.69 Å². The van der Waals surface area contributed by atoms with E-state index in [-0.39, 0.29) is 5.69 Å². The highest BCUT2D eigenvalue weighted by Gasteiger charge is 2.15. The van der Waals surface area contributed by atoms with E-state index in [0.29, 0.717) is 0 Å². The van der Waals surface area contributed by atoms with Crippen LogP contribution in [0.1, 0.15) is 10.5 Å². The van der Waals surface area contributed by atoms with Crippen molar-refractivity contribution in [1.82, 2.24) is 9.78 Å². The maximum absolute atomic E-state index is 11.3. The van der Waals surface area contributed by atoms with Crippen LogP contribution in [0.4, 0.5) is 0 Å². The van der Waals surface area contributed by atoms with Gasteiger partial charge in [-0.3, -0.25) is 0 Å². The molecule has 5 heteroatoms. The van der Waals surface area contributed by atoms with Crippen molar-refractivity contribution in [2.24, 2.45) is 0 Å². The Hall–Kier alpha value is -2.53. The van der Waals surface area contributed by atoms with Gasteiger partial charge in [-0.1, -0.05) is 30.3 Å². The van der Waals surface area contributed by atoms with E-state index in [1.807, 2.05) is 60.9 Å². The minimum absolute atomic E-state index is 0.0350. The number of carboxylic acids is 1. The number of hydrogen-bond acceptors (Lipinski definition) is 3. The molecule has 3 aromatic rings. The molecule has 0 aliphatic carbocycles. The molecule has 0 aliphatic heterocycles. The molecule has 2 aromatic carbocycles. The molecule has 0 unspecified atom stereocenters. The van der Waals surface area contributed by atoms with E-state index in [9.17, 15) is 9.90 Å². The molecule has 0 radical (unpaired) electrons. The maximum Gasteiger partial charge on any atom is 0.356 e. The summed E-state index contributed by atoms with van der Waals surface area (Å²) in [4.78, 5) is 12.4. The van der Waals surface area contributed by atoms with E-state index in [0.717, 1.165) is 21.8 Å². The summed E-state index contributed by atoms with van der Waals surface area (Å²) in [5, 5.41) is 13.4. The third-order valence-electron chi connectivity index (χ3n) is 3.32. The molecule has 1 heterocycles. The minimum atomic E-state index is -1.03. The summed E-state index contributed by atoms with van der Waals surface area (Å²) < 4.78 is 1.66. The lowest BCUT2D eigenvalue weighted by Crippen LogP contribution is -2.02. The van der Waals surface area contributed by atoms with Gasteiger partial charge in [0.2, 0.25) is 0 Å². The molecule has 0 atom stereocenters. The van der Waals surface area contributed by atoms with E-state index < -0.39 is 5.97 Å². The van der Waals surface area contributed by atoms with E-state index in [1.54, 1.807) is 22.5 Å². The molecule has 0 bridgehead atoms. The second-order valence-corrected chi connectivity index (χ2v) is 5.58. The highest BCUT2D eigenvalue weighted by Crippen LogP contribution is 2.26. The lowest BCUT2D eigenvalue weighted by Gasteiger charge is -2.07. The average Bonchev–Trinajstić information content (AvgIpc) is 3.01. The number of carbonyl (C=O) groups is 1. The van der Waals surface area contributed by atoms with Crippen LogP contribution in [-0.4, -0.2) is 27.1 Å². The first kappa shape index (κ1) is 14.4. The SMILES string of the molecule is CSc1ccc(-c2cc(C(=O)O)nn2-c2ccccc2)cc1. The van der Waals surface area contributed by atoms with Crippen LogP contribution in [0.2, 0.25) is 0 Å². The number of aromatic carboxylic acids is 1. The van der Waals surface area contributed by atoms with Crippen molar-refractivity contribution in [3.8, 4) is 16.9 Å². The number of rotatable bonds is 4. The van der Waals surface area contributed by atoms with Gasteiger partial charge in [-0.15, -0.1) is 11.8 Å². The number of hydrogen-bond donors (Lipinski definition) is 1. The van der Waals surface area contributed by atoms with Crippen LogP contribution in [0.25, 0.3) is 16.9 Å². The lowest BCUT2D eigenvalue weighted by molar-refractivity contribution is 0.0690. The Kier molecular flexibility index (Phi) is 3.98. The largest absolute Gasteiger partial charge is 0.476 e. The Bertz CT molecular complexity index is 795. The zero-order chi connectivity index (χ0) is 15.5. The molecule has 0 aliphatic rings. The van der Waals surface area contributed by atoms with Gasteiger partial charge in [0, 0.05) is 10.5 Å². The molecule has 3 rings (SSSR count). The van der Waals surface area contributed by atoms with E-state index in [2.05, 4.69) is 5.10 Å². The van der Waals surface area contributed by atoms with Gasteiger partial charge in [0.25, 0.3) is 0 Å². The molecule has 0 saturated carbocycles. The number of nitrogens with zero attached hydrogens (tertiary/aromatic N) is 2. The maximum atomic E-state index is 11.3. The van der Waals surface area contributed by atoms with E-state index >= 15 is 0 Å². The predicted octanol–water partition coefficient (Wildman–Crippen LogP) is 3.96. The third kappa shape index (κ3) is 2.76. The Morgan fingerprint density at radius 1 is 1.09 bits per heavy atom. The van der Waals surface area contributed by atoms with Gasteiger partial charge in [0.05, 0.1) is 11.4 Å². The standard InChI is InChI=1S/C17H14N2O2S/c1-22-14-9-7-12(8-10-14)16-11-15(17(20)21)18-19(16)13-5-3-2-4-6-13/h2-11H,1H3,(H,20,21). The fraction of sp³-hybridized carbons (Fsp3) is 0.0588. The summed E-state index contributed by atoms with van der Waals surface area (Å²) in [6.07, 6.45) is 2.02. The zero-order valence-corrected chi connectivity index (χ0v) is 12.7. The molecule has 110 valence electrons. The monoisotopic (exact) mass is 310 g/mol. The van der Waals surface area contributed by atoms with Gasteiger partial charge >= 0.3 is 5.97 Å². The molecule has 0 fully saturated rings. The number of aromatic nitrogens is 2. The van der Waals surface area contributed by atoms with E-state index in [4.69, 9.17) is 0 Å². The van der Waals surface area contributed by atoms with Gasteiger partial charge in [-0.25, -0.2) is 9.48 Å². The van der Waals surface area contributed by atoms with Crippen LogP contribution in [0, 0.1) is 0 Å². The molecule has 0 saturated heterocycles. The highest BCUT2D eigenvalue weighted by molar-refractivity contribution is 7.98. The van der Waals surface area contributed by atoms with Crippen LogP contribution >= 0.6 is 11.8 Å². The van der Waals surface area contributed by atoms with Crippen molar-refractivity contribution < 1.29 is 9.90 Å². The summed E-state index contributed by atoms with van der Waals surface area (Å²) in [6.45, 7) is 0. The molecule has 0 spiro atoms. The quantitative estimate of drug-likeness (QED) is 0.741. The Morgan fingerprint density at radius 3 is 2.36 bits per heavy atom. The molecule has 4 nitrogen and oxygen atoms in total. The normalized spacial score (nSPS) is 10.6. The number of carboxylic acid groups (broad SMARTS) is 1. The van der Waals surface area contributed by atoms with Crippen molar-refractivity contribution >= 4 is 17.7 Å². The third-order valence-corrected chi connectivity index (χ3v) is 4.06. The summed E-state index contributed by atoms with van der Waals surface area (Å²) in [5.41, 5.74) is 2.56. The second kappa shape index (κ2) is 6.07. The summed E-state index contributed by atoms with van der Waals surface area (Å²) in [7, 11) is 0. The van der Waals surface area contributed by atoms with Crippen molar-refractivity contribution in [3.05, 3.63) is 66.4 Å². The molecule has 1 N–H and O–H groups in total. The van der Waals surface area contributed by atoms with Crippen molar-refractivity contribution in [1.29, 1.82) is 0 Å². The number of para-hydroxylation sites is 1. The van der Waals surface area contributed by atoms with Crippen LogP contribution in [0.5, 0.6) is 0 Å². The number of benzene rings is 2. The topological polar surface area (TPSA) is 55.1 Å². The Balaban J connectivity index is 2.14. The van der Waals surface area contributed by atoms with Gasteiger partial charge in [0.1, 0.15) is 0 Å². The average molecular weight is 310 g/mol. The first-order valence-electron chi connectivity index (χ1n) is 6.72. The van der Waals surface area contributed by atoms with Gasteiger partial charge in [-0.2, -0.15) is 5.10 Å². The second-order valence-electron chi connectivity index (χ2n) is 4.70.